The van der Waals surface area contributed by atoms with Gasteiger partial charge in [0.05, 0.1) is 12.2 Å². The maximum atomic E-state index is 12.2. The fraction of sp³-hybridized carbons (Fsp3) is 0.333. The molecule has 22 heavy (non-hydrogen) atoms. The number of carbonyl (C=O) groups excluding carboxylic acids is 1. The third kappa shape index (κ3) is 2.45. The van der Waals surface area contributed by atoms with Gasteiger partial charge >= 0.3 is 5.97 Å². The molecule has 2 aliphatic rings. The van der Waals surface area contributed by atoms with E-state index in [0.717, 1.165) is 5.56 Å². The summed E-state index contributed by atoms with van der Waals surface area (Å²) in [5, 5.41) is 2.87. The Kier molecular flexibility index (Phi) is 3.62. The Balaban J connectivity index is 2.01. The van der Waals surface area contributed by atoms with Crippen LogP contribution in [-0.4, -0.2) is 25.3 Å². The lowest BCUT2D eigenvalue weighted by Crippen LogP contribution is -2.37. The summed E-state index contributed by atoms with van der Waals surface area (Å²) in [6.45, 7) is 4.02. The number of nitrogens with one attached hydrogen (secondary N) is 1. The van der Waals surface area contributed by atoms with Crippen molar-refractivity contribution < 1.29 is 19.0 Å². The molecule has 0 bridgehead atoms. The van der Waals surface area contributed by atoms with Crippen LogP contribution < -0.4 is 20.5 Å². The van der Waals surface area contributed by atoms with Gasteiger partial charge in [-0.25, -0.2) is 9.79 Å². The molecule has 1 atom stereocenters. The summed E-state index contributed by atoms with van der Waals surface area (Å²) < 4.78 is 15.8. The van der Waals surface area contributed by atoms with Crippen LogP contribution in [0.1, 0.15) is 25.5 Å². The summed E-state index contributed by atoms with van der Waals surface area (Å²) in [7, 11) is 0. The van der Waals surface area contributed by atoms with Gasteiger partial charge in [-0.1, -0.05) is 6.07 Å². The van der Waals surface area contributed by atoms with E-state index < -0.39 is 12.0 Å². The summed E-state index contributed by atoms with van der Waals surface area (Å²) in [6.07, 6.45) is 0. The molecule has 0 saturated heterocycles. The highest BCUT2D eigenvalue weighted by Gasteiger charge is 2.30. The molecule has 0 unspecified atom stereocenters. The molecular weight excluding hydrogens is 286 g/mol. The zero-order valence-electron chi connectivity index (χ0n) is 12.4. The van der Waals surface area contributed by atoms with Crippen LogP contribution in [0, 0.1) is 0 Å². The van der Waals surface area contributed by atoms with Crippen molar-refractivity contribution >= 4 is 11.9 Å². The molecule has 3 rings (SSSR count). The first-order valence-corrected chi connectivity index (χ1v) is 6.98. The van der Waals surface area contributed by atoms with Crippen LogP contribution in [0.25, 0.3) is 0 Å². The number of fused-ring (bicyclic) bond motifs is 1. The lowest BCUT2D eigenvalue weighted by atomic mass is 9.96. The lowest BCUT2D eigenvalue weighted by Gasteiger charge is -2.24. The van der Waals surface area contributed by atoms with Crippen LogP contribution in [0.3, 0.4) is 0 Å². The van der Waals surface area contributed by atoms with E-state index >= 15 is 0 Å². The highest BCUT2D eigenvalue weighted by Crippen LogP contribution is 2.38. The van der Waals surface area contributed by atoms with E-state index in [0.29, 0.717) is 29.4 Å². The minimum absolute atomic E-state index is 0.190. The van der Waals surface area contributed by atoms with Crippen molar-refractivity contribution in [1.29, 1.82) is 0 Å². The maximum Gasteiger partial charge on any atom is 0.338 e. The van der Waals surface area contributed by atoms with E-state index in [9.17, 15) is 4.79 Å². The third-order valence-electron chi connectivity index (χ3n) is 3.47. The summed E-state index contributed by atoms with van der Waals surface area (Å²) in [5.74, 6) is 1.15. The second-order valence-corrected chi connectivity index (χ2v) is 4.91. The van der Waals surface area contributed by atoms with Crippen molar-refractivity contribution in [1.82, 2.24) is 5.32 Å². The molecule has 0 amide bonds. The van der Waals surface area contributed by atoms with Crippen LogP contribution in [-0.2, 0) is 9.53 Å². The summed E-state index contributed by atoms with van der Waals surface area (Å²) in [5.41, 5.74) is 7.66. The number of guanidine groups is 1. The van der Waals surface area contributed by atoms with Crippen molar-refractivity contribution in [2.24, 2.45) is 10.7 Å². The molecule has 0 saturated carbocycles. The Morgan fingerprint density at radius 1 is 1.45 bits per heavy atom. The zero-order chi connectivity index (χ0) is 15.7. The number of nitrogens with two attached hydrogens (primary N) is 1. The van der Waals surface area contributed by atoms with E-state index in [2.05, 4.69) is 10.3 Å². The van der Waals surface area contributed by atoms with Gasteiger partial charge in [-0.3, -0.25) is 0 Å². The van der Waals surface area contributed by atoms with Crippen LogP contribution in [0.5, 0.6) is 11.5 Å². The van der Waals surface area contributed by atoms with Crippen LogP contribution in [0.15, 0.2) is 34.5 Å². The van der Waals surface area contributed by atoms with Gasteiger partial charge in [-0.15, -0.1) is 0 Å². The van der Waals surface area contributed by atoms with E-state index in [4.69, 9.17) is 19.9 Å². The summed E-state index contributed by atoms with van der Waals surface area (Å²) in [4.78, 5) is 16.6. The molecule has 0 fully saturated rings. The average molecular weight is 303 g/mol. The number of esters is 1. The largest absolute Gasteiger partial charge is 0.463 e. The molecule has 0 radical (unpaired) electrons. The van der Waals surface area contributed by atoms with Gasteiger partial charge < -0.3 is 25.3 Å². The number of hydrogen-bond acceptors (Lipinski definition) is 7. The highest BCUT2D eigenvalue weighted by atomic mass is 16.7. The third-order valence-corrected chi connectivity index (χ3v) is 3.47. The molecule has 2 aliphatic heterocycles. The fourth-order valence-electron chi connectivity index (χ4n) is 2.50. The van der Waals surface area contributed by atoms with Crippen molar-refractivity contribution in [3.05, 3.63) is 35.0 Å². The normalized spacial score (nSPS) is 19.5. The smallest absolute Gasteiger partial charge is 0.338 e. The number of carbonyl (C=O) groups is 1. The Bertz CT molecular complexity index is 681. The van der Waals surface area contributed by atoms with Crippen molar-refractivity contribution in [2.45, 2.75) is 19.9 Å². The maximum absolute atomic E-state index is 12.2. The number of ether oxygens (including phenoxy) is 3. The van der Waals surface area contributed by atoms with Gasteiger partial charge in [-0.2, -0.15) is 0 Å². The number of hydrogen-bond donors (Lipinski definition) is 2. The molecule has 0 aliphatic carbocycles. The fourth-order valence-corrected chi connectivity index (χ4v) is 2.50. The molecule has 7 heteroatoms. The van der Waals surface area contributed by atoms with Crippen LogP contribution in [0.4, 0.5) is 0 Å². The second-order valence-electron chi connectivity index (χ2n) is 4.91. The van der Waals surface area contributed by atoms with E-state index in [-0.39, 0.29) is 12.8 Å². The van der Waals surface area contributed by atoms with Gasteiger partial charge in [0.2, 0.25) is 6.79 Å². The van der Waals surface area contributed by atoms with Gasteiger partial charge in [0, 0.05) is 5.70 Å². The van der Waals surface area contributed by atoms with Gasteiger partial charge in [0.15, 0.2) is 17.5 Å². The predicted molar refractivity (Wildman–Crippen MR) is 79.4 cm³/mol. The van der Waals surface area contributed by atoms with Crippen molar-refractivity contribution in [2.75, 3.05) is 13.4 Å². The van der Waals surface area contributed by atoms with E-state index in [1.807, 2.05) is 12.1 Å². The molecule has 7 nitrogen and oxygen atoms in total. The van der Waals surface area contributed by atoms with Gasteiger partial charge in [0.25, 0.3) is 0 Å². The molecule has 116 valence electrons. The van der Waals surface area contributed by atoms with Crippen LogP contribution >= 0.6 is 0 Å². The topological polar surface area (TPSA) is 95.2 Å². The molecule has 1 aromatic carbocycles. The first kappa shape index (κ1) is 14.2. The molecule has 2 heterocycles. The molecule has 1 aromatic rings. The zero-order valence-corrected chi connectivity index (χ0v) is 12.4. The van der Waals surface area contributed by atoms with Crippen molar-refractivity contribution in [3.63, 3.8) is 0 Å². The molecule has 3 N–H and O–H groups in total. The minimum atomic E-state index is -0.533. The standard InChI is InChI=1S/C15H17N3O4/c1-3-20-14(19)12-8(2)17-15(16)18-13(12)9-4-5-10-11(6-9)22-7-21-10/h4-6,13H,3,7H2,1-2H3,(H3,16,17,18)/t13-/m0/s1. The highest BCUT2D eigenvalue weighted by molar-refractivity contribution is 5.95. The number of aliphatic imine (C=N–C) groups is 1. The first-order valence-electron chi connectivity index (χ1n) is 6.98. The van der Waals surface area contributed by atoms with E-state index in [1.54, 1.807) is 19.9 Å². The number of rotatable bonds is 3. The molecule has 0 spiro atoms. The quantitative estimate of drug-likeness (QED) is 0.815. The minimum Gasteiger partial charge on any atom is -0.463 e. The number of nitrogens with zero attached hydrogens (tertiary/aromatic N) is 1. The summed E-state index contributed by atoms with van der Waals surface area (Å²) in [6, 6.07) is 4.91. The predicted octanol–water partition coefficient (Wildman–Crippen LogP) is 1.21. The Labute approximate surface area is 127 Å². The Morgan fingerprint density at radius 2 is 2.23 bits per heavy atom. The lowest BCUT2D eigenvalue weighted by molar-refractivity contribution is -0.138. The Morgan fingerprint density at radius 3 is 3.00 bits per heavy atom. The van der Waals surface area contributed by atoms with Crippen molar-refractivity contribution in [3.8, 4) is 11.5 Å². The van der Waals surface area contributed by atoms with Crippen LogP contribution in [0.2, 0.25) is 0 Å². The van der Waals surface area contributed by atoms with Gasteiger partial charge in [-0.05, 0) is 31.5 Å². The summed E-state index contributed by atoms with van der Waals surface area (Å²) >= 11 is 0. The van der Waals surface area contributed by atoms with E-state index in [1.165, 1.54) is 0 Å². The number of benzene rings is 1. The molecule has 0 aromatic heterocycles. The monoisotopic (exact) mass is 303 g/mol. The Hall–Kier alpha value is -2.70. The first-order chi connectivity index (χ1) is 10.6. The second kappa shape index (κ2) is 5.59. The van der Waals surface area contributed by atoms with Gasteiger partial charge in [0.1, 0.15) is 6.04 Å². The SMILES string of the molecule is CCOC(=O)C1=C(C)NC(N)=N[C@H]1c1ccc2c(c1)OCO2. The average Bonchev–Trinajstić information content (AvgIpc) is 2.93. The molecular formula is C15H17N3O4. The number of allylic oxidation sites excluding steroid dienone is 1.